The number of rotatable bonds is 14. The summed E-state index contributed by atoms with van der Waals surface area (Å²) in [5.74, 6) is 1.75. The molecule has 1 aliphatic heterocycles. The van der Waals surface area contributed by atoms with E-state index >= 15 is 0 Å². The molecule has 0 saturated carbocycles. The molecule has 234 valence electrons. The van der Waals surface area contributed by atoms with Crippen LogP contribution in [0.2, 0.25) is 0 Å². The number of hydrogen-bond acceptors (Lipinski definition) is 5. The minimum atomic E-state index is 0. The van der Waals surface area contributed by atoms with Crippen LogP contribution >= 0.6 is 17.0 Å². The molecule has 1 aliphatic rings. The minimum Gasteiger partial charge on any atom is -0.494 e. The van der Waals surface area contributed by atoms with Gasteiger partial charge in [0, 0.05) is 30.8 Å². The van der Waals surface area contributed by atoms with E-state index in [1.807, 2.05) is 36.4 Å². The lowest BCUT2D eigenvalue weighted by Crippen LogP contribution is -2.39. The first kappa shape index (κ1) is 32.6. The maximum Gasteiger partial charge on any atom is 0.125 e. The van der Waals surface area contributed by atoms with Crippen LogP contribution in [0, 0.1) is 0 Å². The zero-order valence-electron chi connectivity index (χ0n) is 25.7. The summed E-state index contributed by atoms with van der Waals surface area (Å²) in [6.45, 7) is 4.90. The smallest absolute Gasteiger partial charge is 0.125 e. The Kier molecular flexibility index (Phi) is 12.3. The molecule has 1 saturated heterocycles. The third kappa shape index (κ3) is 9.57. The van der Waals surface area contributed by atoms with E-state index in [0.717, 1.165) is 55.0 Å². The summed E-state index contributed by atoms with van der Waals surface area (Å²) < 4.78 is 24.4. The molecule has 0 aromatic heterocycles. The number of fused-ring (bicyclic) bond motifs is 1. The highest BCUT2D eigenvalue weighted by atomic mass is 79.9. The summed E-state index contributed by atoms with van der Waals surface area (Å²) in [5, 5.41) is 2.53. The average Bonchev–Trinajstić information content (AvgIpc) is 3.09. The van der Waals surface area contributed by atoms with Crippen molar-refractivity contribution in [3.8, 4) is 11.5 Å². The molecule has 0 spiro atoms. The highest BCUT2D eigenvalue weighted by molar-refractivity contribution is 8.93. The summed E-state index contributed by atoms with van der Waals surface area (Å²) in [7, 11) is 0. The second-order valence-corrected chi connectivity index (χ2v) is 11.3. The zero-order valence-corrected chi connectivity index (χ0v) is 27.4. The minimum absolute atomic E-state index is 0. The van der Waals surface area contributed by atoms with Crippen molar-refractivity contribution >= 4 is 33.4 Å². The SMILES string of the molecule is Br.c1ccc(COc2ccccc2COCCCOc2ccc(N3CCCC(OCc4ccc5ccccc5c4)C3)cc2)cc1. The molecular formula is C39H42BrNO4. The van der Waals surface area contributed by atoms with Gasteiger partial charge in [0.05, 0.1) is 32.5 Å². The quantitative estimate of drug-likeness (QED) is 0.110. The maximum absolute atomic E-state index is 6.36. The lowest BCUT2D eigenvalue weighted by Gasteiger charge is -2.34. The fourth-order valence-electron chi connectivity index (χ4n) is 5.64. The third-order valence-corrected chi connectivity index (χ3v) is 8.05. The van der Waals surface area contributed by atoms with Gasteiger partial charge in [-0.25, -0.2) is 0 Å². The van der Waals surface area contributed by atoms with Gasteiger partial charge in [0.1, 0.15) is 18.1 Å². The first-order valence-corrected chi connectivity index (χ1v) is 15.7. The van der Waals surface area contributed by atoms with Crippen molar-refractivity contribution < 1.29 is 18.9 Å². The molecule has 0 radical (unpaired) electrons. The van der Waals surface area contributed by atoms with Crippen molar-refractivity contribution in [2.75, 3.05) is 31.2 Å². The number of para-hydroxylation sites is 1. The lowest BCUT2D eigenvalue weighted by atomic mass is 10.1. The topological polar surface area (TPSA) is 40.2 Å². The van der Waals surface area contributed by atoms with Crippen LogP contribution in [0.3, 0.4) is 0 Å². The van der Waals surface area contributed by atoms with Gasteiger partial charge < -0.3 is 23.8 Å². The van der Waals surface area contributed by atoms with E-state index in [1.54, 1.807) is 0 Å². The largest absolute Gasteiger partial charge is 0.494 e. The van der Waals surface area contributed by atoms with Crippen molar-refractivity contribution in [2.45, 2.75) is 45.2 Å². The van der Waals surface area contributed by atoms with Crippen LogP contribution in [0.15, 0.2) is 121 Å². The summed E-state index contributed by atoms with van der Waals surface area (Å²) in [5.41, 5.74) is 4.65. The van der Waals surface area contributed by atoms with E-state index in [2.05, 4.69) is 89.8 Å². The molecule has 6 rings (SSSR count). The standard InChI is InChI=1S/C39H41NO4.BrH/c1-2-10-31(11-3-1)28-44-39-16-7-6-14-35(39)30-41-24-9-25-42-37-21-19-36(20-22-37)40-23-8-15-38(27-40)43-29-32-17-18-33-12-4-5-13-34(33)26-32;/h1-7,10-14,16-22,26,38H,8-9,15,23-25,27-30H2;1H. The first-order valence-electron chi connectivity index (χ1n) is 15.7. The molecule has 0 aliphatic carbocycles. The van der Waals surface area contributed by atoms with Crippen molar-refractivity contribution in [3.05, 3.63) is 138 Å². The van der Waals surface area contributed by atoms with E-state index in [4.69, 9.17) is 18.9 Å². The molecule has 1 atom stereocenters. The molecule has 1 unspecified atom stereocenters. The first-order chi connectivity index (χ1) is 21.8. The van der Waals surface area contributed by atoms with Gasteiger partial charge in [0.2, 0.25) is 0 Å². The normalized spacial score (nSPS) is 14.6. The predicted molar refractivity (Wildman–Crippen MR) is 188 cm³/mol. The third-order valence-electron chi connectivity index (χ3n) is 8.05. The summed E-state index contributed by atoms with van der Waals surface area (Å²) >= 11 is 0. The maximum atomic E-state index is 6.36. The van der Waals surface area contributed by atoms with Crippen LogP contribution in [-0.2, 0) is 29.3 Å². The summed E-state index contributed by atoms with van der Waals surface area (Å²) in [6.07, 6.45) is 3.27. The molecule has 0 bridgehead atoms. The summed E-state index contributed by atoms with van der Waals surface area (Å²) in [4.78, 5) is 2.42. The highest BCUT2D eigenvalue weighted by Gasteiger charge is 2.21. The number of hydrogen-bond donors (Lipinski definition) is 0. The Balaban J connectivity index is 0.00000400. The van der Waals surface area contributed by atoms with E-state index < -0.39 is 0 Å². The fraction of sp³-hybridized carbons (Fsp3) is 0.282. The molecule has 5 nitrogen and oxygen atoms in total. The molecular weight excluding hydrogens is 626 g/mol. The molecule has 1 fully saturated rings. The van der Waals surface area contributed by atoms with Crippen LogP contribution < -0.4 is 14.4 Å². The number of benzene rings is 5. The van der Waals surface area contributed by atoms with Gasteiger partial charge in [0.15, 0.2) is 0 Å². The van der Waals surface area contributed by atoms with Gasteiger partial charge in [-0.05, 0) is 71.1 Å². The molecule has 5 aromatic carbocycles. The zero-order chi connectivity index (χ0) is 29.8. The number of piperidine rings is 1. The molecule has 45 heavy (non-hydrogen) atoms. The van der Waals surface area contributed by atoms with Crippen LogP contribution in [0.25, 0.3) is 10.8 Å². The van der Waals surface area contributed by atoms with E-state index in [0.29, 0.717) is 33.0 Å². The lowest BCUT2D eigenvalue weighted by molar-refractivity contribution is 0.0316. The van der Waals surface area contributed by atoms with Crippen molar-refractivity contribution in [1.29, 1.82) is 0 Å². The number of ether oxygens (including phenoxy) is 4. The van der Waals surface area contributed by atoms with Crippen LogP contribution in [-0.4, -0.2) is 32.4 Å². The van der Waals surface area contributed by atoms with Crippen LogP contribution in [0.4, 0.5) is 5.69 Å². The van der Waals surface area contributed by atoms with Gasteiger partial charge in [-0.15, -0.1) is 17.0 Å². The number of halogens is 1. The fourth-order valence-corrected chi connectivity index (χ4v) is 5.64. The van der Waals surface area contributed by atoms with Crippen LogP contribution in [0.5, 0.6) is 11.5 Å². The van der Waals surface area contributed by atoms with Crippen molar-refractivity contribution in [3.63, 3.8) is 0 Å². The van der Waals surface area contributed by atoms with Gasteiger partial charge >= 0.3 is 0 Å². The number of anilines is 1. The summed E-state index contributed by atoms with van der Waals surface area (Å²) in [6, 6.07) is 41.8. The molecule has 6 heteroatoms. The Morgan fingerprint density at radius 2 is 1.42 bits per heavy atom. The number of nitrogens with zero attached hydrogens (tertiary/aromatic N) is 1. The Labute approximate surface area is 277 Å². The van der Waals surface area contributed by atoms with Gasteiger partial charge in [-0.2, -0.15) is 0 Å². The Morgan fingerprint density at radius 3 is 2.29 bits per heavy atom. The van der Waals surface area contributed by atoms with E-state index in [-0.39, 0.29) is 23.1 Å². The predicted octanol–water partition coefficient (Wildman–Crippen LogP) is 9.17. The average molecular weight is 669 g/mol. The Bertz CT molecular complexity index is 1590. The van der Waals surface area contributed by atoms with E-state index in [1.165, 1.54) is 22.0 Å². The van der Waals surface area contributed by atoms with Gasteiger partial charge in [-0.3, -0.25) is 0 Å². The Hall–Kier alpha value is -3.84. The molecule has 1 heterocycles. The molecule has 0 amide bonds. The second-order valence-electron chi connectivity index (χ2n) is 11.3. The highest BCUT2D eigenvalue weighted by Crippen LogP contribution is 2.25. The molecule has 5 aromatic rings. The van der Waals surface area contributed by atoms with Gasteiger partial charge in [-0.1, -0.05) is 84.9 Å². The van der Waals surface area contributed by atoms with Gasteiger partial charge in [0.25, 0.3) is 0 Å². The van der Waals surface area contributed by atoms with Crippen LogP contribution in [0.1, 0.15) is 36.0 Å². The van der Waals surface area contributed by atoms with Crippen molar-refractivity contribution in [1.82, 2.24) is 0 Å². The van der Waals surface area contributed by atoms with Crippen molar-refractivity contribution in [2.24, 2.45) is 0 Å². The second kappa shape index (κ2) is 17.0. The Morgan fingerprint density at radius 1 is 0.644 bits per heavy atom. The molecule has 0 N–H and O–H groups in total. The van der Waals surface area contributed by atoms with E-state index in [9.17, 15) is 0 Å². The monoisotopic (exact) mass is 667 g/mol.